The number of thiophene rings is 1. The lowest BCUT2D eigenvalue weighted by Gasteiger charge is -2.30. The van der Waals surface area contributed by atoms with Crippen LogP contribution in [0.3, 0.4) is 0 Å². The number of carboxylic acids is 1. The van der Waals surface area contributed by atoms with Crippen LogP contribution in [0.4, 0.5) is 4.79 Å². The summed E-state index contributed by atoms with van der Waals surface area (Å²) in [5.74, 6) is -1.03. The van der Waals surface area contributed by atoms with E-state index >= 15 is 0 Å². The Balaban J connectivity index is 2.25. The topological polar surface area (TPSA) is 66.8 Å². The molecule has 2 rings (SSSR count). The standard InChI is InChI=1S/C10H11NO4S/c12-9(13)8(7-3-1-6-16-7)11-4-2-5-15-10(11)14/h1,3,6,8H,2,4-5H2,(H,12,13). The van der Waals surface area contributed by atoms with E-state index < -0.39 is 18.1 Å². The number of cyclic esters (lactones) is 1. The lowest BCUT2D eigenvalue weighted by Crippen LogP contribution is -2.43. The highest BCUT2D eigenvalue weighted by Gasteiger charge is 2.34. The summed E-state index contributed by atoms with van der Waals surface area (Å²) in [6.45, 7) is 0.791. The number of amides is 1. The molecule has 0 aromatic carbocycles. The number of ether oxygens (including phenoxy) is 1. The van der Waals surface area contributed by atoms with Crippen LogP contribution in [0.25, 0.3) is 0 Å². The molecule has 1 atom stereocenters. The van der Waals surface area contributed by atoms with E-state index in [0.29, 0.717) is 24.4 Å². The molecule has 1 fully saturated rings. The van der Waals surface area contributed by atoms with E-state index in [1.54, 1.807) is 17.5 Å². The van der Waals surface area contributed by atoms with Crippen molar-refractivity contribution in [3.05, 3.63) is 22.4 Å². The number of rotatable bonds is 3. The second-order valence-corrected chi connectivity index (χ2v) is 4.40. The highest BCUT2D eigenvalue weighted by Crippen LogP contribution is 2.27. The van der Waals surface area contributed by atoms with Gasteiger partial charge in [0.25, 0.3) is 0 Å². The van der Waals surface area contributed by atoms with Gasteiger partial charge in [-0.1, -0.05) is 6.07 Å². The number of carbonyl (C=O) groups excluding carboxylic acids is 1. The molecular weight excluding hydrogens is 230 g/mol. The summed E-state index contributed by atoms with van der Waals surface area (Å²) in [6, 6.07) is 2.56. The second kappa shape index (κ2) is 4.52. The Hall–Kier alpha value is -1.56. The van der Waals surface area contributed by atoms with E-state index in [1.807, 2.05) is 0 Å². The molecule has 1 aromatic heterocycles. The Morgan fingerprint density at radius 1 is 1.62 bits per heavy atom. The van der Waals surface area contributed by atoms with Gasteiger partial charge in [0, 0.05) is 11.4 Å². The lowest BCUT2D eigenvalue weighted by atomic mass is 10.2. The van der Waals surface area contributed by atoms with Crippen LogP contribution in [0.1, 0.15) is 17.3 Å². The molecule has 0 bridgehead atoms. The summed E-state index contributed by atoms with van der Waals surface area (Å²) in [5, 5.41) is 11.0. The number of aliphatic carboxylic acids is 1. The average molecular weight is 241 g/mol. The van der Waals surface area contributed by atoms with Crippen LogP contribution >= 0.6 is 11.3 Å². The van der Waals surface area contributed by atoms with Crippen molar-refractivity contribution in [3.8, 4) is 0 Å². The first-order valence-electron chi connectivity index (χ1n) is 4.90. The van der Waals surface area contributed by atoms with Crippen LogP contribution in [0.2, 0.25) is 0 Å². The summed E-state index contributed by atoms with van der Waals surface area (Å²) in [6.07, 6.45) is 0.119. The van der Waals surface area contributed by atoms with Gasteiger partial charge in [-0.3, -0.25) is 4.90 Å². The van der Waals surface area contributed by atoms with Crippen molar-refractivity contribution < 1.29 is 19.4 Å². The van der Waals surface area contributed by atoms with Gasteiger partial charge in [0.05, 0.1) is 6.61 Å². The first kappa shape index (κ1) is 10.9. The molecule has 0 radical (unpaired) electrons. The molecule has 6 heteroatoms. The van der Waals surface area contributed by atoms with Gasteiger partial charge in [-0.25, -0.2) is 9.59 Å². The van der Waals surface area contributed by atoms with Crippen LogP contribution in [0.5, 0.6) is 0 Å². The molecule has 1 N–H and O–H groups in total. The fraction of sp³-hybridized carbons (Fsp3) is 0.400. The van der Waals surface area contributed by atoms with Crippen LogP contribution in [0, 0.1) is 0 Å². The average Bonchev–Trinajstić information content (AvgIpc) is 2.74. The van der Waals surface area contributed by atoms with Gasteiger partial charge in [0.1, 0.15) is 0 Å². The molecule has 5 nitrogen and oxygen atoms in total. The summed E-state index contributed by atoms with van der Waals surface area (Å²) in [7, 11) is 0. The Labute approximate surface area is 96.2 Å². The maximum absolute atomic E-state index is 11.5. The highest BCUT2D eigenvalue weighted by atomic mass is 32.1. The van der Waals surface area contributed by atoms with Crippen molar-refractivity contribution in [3.63, 3.8) is 0 Å². The molecule has 0 aliphatic carbocycles. The van der Waals surface area contributed by atoms with Crippen LogP contribution in [0.15, 0.2) is 17.5 Å². The molecule has 1 aromatic rings. The summed E-state index contributed by atoms with van der Waals surface area (Å²) in [5.41, 5.74) is 0. The third-order valence-corrected chi connectivity index (χ3v) is 3.29. The van der Waals surface area contributed by atoms with Crippen molar-refractivity contribution >= 4 is 23.4 Å². The predicted octanol–water partition coefficient (Wildman–Crippen LogP) is 1.72. The Morgan fingerprint density at radius 2 is 2.44 bits per heavy atom. The zero-order valence-corrected chi connectivity index (χ0v) is 9.27. The molecule has 1 unspecified atom stereocenters. The van der Waals surface area contributed by atoms with Gasteiger partial charge in [-0.2, -0.15) is 0 Å². The van der Waals surface area contributed by atoms with Crippen molar-refractivity contribution in [2.75, 3.05) is 13.2 Å². The third kappa shape index (κ3) is 2.01. The normalized spacial score (nSPS) is 18.0. The number of hydrogen-bond acceptors (Lipinski definition) is 4. The lowest BCUT2D eigenvalue weighted by molar-refractivity contribution is -0.143. The smallest absolute Gasteiger partial charge is 0.410 e. The van der Waals surface area contributed by atoms with Crippen LogP contribution in [-0.4, -0.2) is 35.2 Å². The van der Waals surface area contributed by atoms with Crippen LogP contribution in [-0.2, 0) is 9.53 Å². The summed E-state index contributed by atoms with van der Waals surface area (Å²) < 4.78 is 4.85. The molecule has 1 aliphatic heterocycles. The van der Waals surface area contributed by atoms with E-state index in [9.17, 15) is 14.7 Å². The molecule has 1 aliphatic rings. The quantitative estimate of drug-likeness (QED) is 0.874. The van der Waals surface area contributed by atoms with Gasteiger partial charge in [-0.05, 0) is 17.9 Å². The molecule has 86 valence electrons. The number of nitrogens with zero attached hydrogens (tertiary/aromatic N) is 1. The molecule has 16 heavy (non-hydrogen) atoms. The maximum atomic E-state index is 11.5. The Bertz CT molecular complexity index is 390. The van der Waals surface area contributed by atoms with Crippen molar-refractivity contribution in [1.82, 2.24) is 4.90 Å². The highest BCUT2D eigenvalue weighted by molar-refractivity contribution is 7.10. The Morgan fingerprint density at radius 3 is 3.00 bits per heavy atom. The van der Waals surface area contributed by atoms with Gasteiger partial charge in [0.2, 0.25) is 0 Å². The Kier molecular flexibility index (Phi) is 3.09. The molecule has 2 heterocycles. The van der Waals surface area contributed by atoms with E-state index in [2.05, 4.69) is 0 Å². The first-order chi connectivity index (χ1) is 7.70. The molecular formula is C10H11NO4S. The molecule has 0 spiro atoms. The van der Waals surface area contributed by atoms with Gasteiger partial charge in [-0.15, -0.1) is 11.3 Å². The fourth-order valence-electron chi connectivity index (χ4n) is 1.66. The number of carboxylic acid groups (broad SMARTS) is 1. The molecule has 1 saturated heterocycles. The summed E-state index contributed by atoms with van der Waals surface area (Å²) in [4.78, 5) is 24.6. The van der Waals surface area contributed by atoms with Crippen molar-refractivity contribution in [2.24, 2.45) is 0 Å². The third-order valence-electron chi connectivity index (χ3n) is 2.36. The van der Waals surface area contributed by atoms with Gasteiger partial charge < -0.3 is 9.84 Å². The molecule has 1 amide bonds. The SMILES string of the molecule is O=C(O)C(c1cccs1)N1CCCOC1=O. The molecule has 0 saturated carbocycles. The zero-order valence-electron chi connectivity index (χ0n) is 8.46. The van der Waals surface area contributed by atoms with E-state index in [-0.39, 0.29) is 0 Å². The number of hydrogen-bond donors (Lipinski definition) is 1. The van der Waals surface area contributed by atoms with Gasteiger partial charge >= 0.3 is 12.1 Å². The minimum atomic E-state index is -1.03. The summed E-state index contributed by atoms with van der Waals surface area (Å²) >= 11 is 1.32. The zero-order chi connectivity index (χ0) is 11.5. The maximum Gasteiger partial charge on any atom is 0.410 e. The van der Waals surface area contributed by atoms with E-state index in [1.165, 1.54) is 16.2 Å². The number of carbonyl (C=O) groups is 2. The minimum absolute atomic E-state index is 0.367. The fourth-order valence-corrected chi connectivity index (χ4v) is 2.49. The van der Waals surface area contributed by atoms with Crippen molar-refractivity contribution in [1.29, 1.82) is 0 Å². The van der Waals surface area contributed by atoms with E-state index in [4.69, 9.17) is 4.74 Å². The van der Waals surface area contributed by atoms with Crippen molar-refractivity contribution in [2.45, 2.75) is 12.5 Å². The second-order valence-electron chi connectivity index (χ2n) is 3.42. The minimum Gasteiger partial charge on any atom is -0.479 e. The van der Waals surface area contributed by atoms with E-state index in [0.717, 1.165) is 0 Å². The monoisotopic (exact) mass is 241 g/mol. The van der Waals surface area contributed by atoms with Crippen LogP contribution < -0.4 is 0 Å². The van der Waals surface area contributed by atoms with Gasteiger partial charge in [0.15, 0.2) is 6.04 Å². The first-order valence-corrected chi connectivity index (χ1v) is 5.77. The predicted molar refractivity (Wildman–Crippen MR) is 57.4 cm³/mol. The largest absolute Gasteiger partial charge is 0.479 e.